The molecular formula is C12H20N2O2. The summed E-state index contributed by atoms with van der Waals surface area (Å²) in [7, 11) is 0. The number of hydrogen-bond acceptors (Lipinski definition) is 3. The van der Waals surface area contributed by atoms with E-state index in [9.17, 15) is 4.79 Å². The lowest BCUT2D eigenvalue weighted by molar-refractivity contribution is -0.146. The first-order valence-electron chi connectivity index (χ1n) is 5.74. The average molecular weight is 224 g/mol. The Balaban J connectivity index is 3.00. The number of carbonyl (C=O) groups is 1. The summed E-state index contributed by atoms with van der Waals surface area (Å²) in [6, 6.07) is -0.348. The van der Waals surface area contributed by atoms with E-state index in [1.807, 2.05) is 27.7 Å². The van der Waals surface area contributed by atoms with E-state index < -0.39 is 0 Å². The van der Waals surface area contributed by atoms with Crippen molar-refractivity contribution in [3.63, 3.8) is 0 Å². The summed E-state index contributed by atoms with van der Waals surface area (Å²) in [6.07, 6.45) is 0.938. The Bertz CT molecular complexity index is 383. The molecule has 0 aliphatic rings. The number of aryl methyl sites for hydroxylation is 1. The molecule has 4 nitrogen and oxygen atoms in total. The maximum atomic E-state index is 11.6. The first-order valence-corrected chi connectivity index (χ1v) is 5.74. The fourth-order valence-corrected chi connectivity index (χ4v) is 1.95. The molecule has 0 saturated carbocycles. The molecule has 90 valence electrons. The summed E-state index contributed by atoms with van der Waals surface area (Å²) in [5, 5.41) is 4.40. The van der Waals surface area contributed by atoms with E-state index in [0.29, 0.717) is 6.61 Å². The minimum atomic E-state index is -0.348. The van der Waals surface area contributed by atoms with Crippen LogP contribution in [0.4, 0.5) is 0 Å². The van der Waals surface area contributed by atoms with Crippen molar-refractivity contribution in [2.45, 2.75) is 47.1 Å². The molecule has 0 aliphatic heterocycles. The lowest BCUT2D eigenvalue weighted by Crippen LogP contribution is -2.21. The van der Waals surface area contributed by atoms with Gasteiger partial charge in [-0.15, -0.1) is 0 Å². The van der Waals surface area contributed by atoms with Gasteiger partial charge in [0.2, 0.25) is 0 Å². The van der Waals surface area contributed by atoms with Gasteiger partial charge in [-0.1, -0.05) is 6.92 Å². The fourth-order valence-electron chi connectivity index (χ4n) is 1.95. The second-order valence-corrected chi connectivity index (χ2v) is 3.88. The summed E-state index contributed by atoms with van der Waals surface area (Å²) in [5.74, 6) is -0.226. The van der Waals surface area contributed by atoms with Crippen LogP contribution in [-0.2, 0) is 16.0 Å². The van der Waals surface area contributed by atoms with Crippen LogP contribution in [0.1, 0.15) is 43.8 Å². The SMILES string of the molecule is CCOC(=O)[C@@H](C)n1nc(C)c(CC)c1C. The highest BCUT2D eigenvalue weighted by Gasteiger charge is 2.21. The fraction of sp³-hybridized carbons (Fsp3) is 0.667. The average Bonchev–Trinajstić information content (AvgIpc) is 2.53. The number of esters is 1. The van der Waals surface area contributed by atoms with Crippen molar-refractivity contribution >= 4 is 5.97 Å². The Hall–Kier alpha value is -1.32. The molecule has 0 spiro atoms. The zero-order valence-corrected chi connectivity index (χ0v) is 10.7. The highest BCUT2D eigenvalue weighted by Crippen LogP contribution is 2.18. The molecule has 1 aromatic rings. The molecule has 0 radical (unpaired) electrons. The predicted octanol–water partition coefficient (Wildman–Crippen LogP) is 2.19. The van der Waals surface area contributed by atoms with Crippen LogP contribution >= 0.6 is 0 Å². The van der Waals surface area contributed by atoms with Crippen LogP contribution in [0.15, 0.2) is 0 Å². The van der Waals surface area contributed by atoms with Gasteiger partial charge in [-0.05, 0) is 39.7 Å². The van der Waals surface area contributed by atoms with Crippen LogP contribution in [0.5, 0.6) is 0 Å². The topological polar surface area (TPSA) is 44.1 Å². The first kappa shape index (κ1) is 12.7. The Labute approximate surface area is 96.6 Å². The van der Waals surface area contributed by atoms with Crippen LogP contribution in [0.3, 0.4) is 0 Å². The van der Waals surface area contributed by atoms with Gasteiger partial charge in [0.05, 0.1) is 12.3 Å². The quantitative estimate of drug-likeness (QED) is 0.736. The van der Waals surface area contributed by atoms with Crippen molar-refractivity contribution in [2.24, 2.45) is 0 Å². The molecule has 0 aromatic carbocycles. The van der Waals surface area contributed by atoms with Crippen LogP contribution < -0.4 is 0 Å². The Morgan fingerprint density at radius 3 is 2.50 bits per heavy atom. The van der Waals surface area contributed by atoms with Crippen molar-refractivity contribution in [1.29, 1.82) is 0 Å². The molecule has 0 amide bonds. The van der Waals surface area contributed by atoms with E-state index in [1.54, 1.807) is 4.68 Å². The second-order valence-electron chi connectivity index (χ2n) is 3.88. The molecule has 0 aliphatic carbocycles. The van der Waals surface area contributed by atoms with E-state index in [0.717, 1.165) is 17.8 Å². The standard InChI is InChI=1S/C12H20N2O2/c1-6-11-8(3)13-14(9(11)4)10(5)12(15)16-7-2/h10H,6-7H2,1-5H3/t10-/m1/s1. The summed E-state index contributed by atoms with van der Waals surface area (Å²) in [4.78, 5) is 11.6. The van der Waals surface area contributed by atoms with Gasteiger partial charge < -0.3 is 4.74 Å². The van der Waals surface area contributed by atoms with Crippen LogP contribution in [0.2, 0.25) is 0 Å². The number of aromatic nitrogens is 2. The van der Waals surface area contributed by atoms with E-state index in [-0.39, 0.29) is 12.0 Å². The second kappa shape index (κ2) is 5.14. The van der Waals surface area contributed by atoms with E-state index in [2.05, 4.69) is 12.0 Å². The van der Waals surface area contributed by atoms with Crippen LogP contribution in [0.25, 0.3) is 0 Å². The highest BCUT2D eigenvalue weighted by atomic mass is 16.5. The molecule has 1 heterocycles. The molecule has 0 fully saturated rings. The van der Waals surface area contributed by atoms with Crippen LogP contribution in [-0.4, -0.2) is 22.4 Å². The van der Waals surface area contributed by atoms with Crippen molar-refractivity contribution in [1.82, 2.24) is 9.78 Å². The first-order chi connectivity index (χ1) is 7.52. The third kappa shape index (κ3) is 2.26. The van der Waals surface area contributed by atoms with E-state index in [1.165, 1.54) is 5.56 Å². The highest BCUT2D eigenvalue weighted by molar-refractivity contribution is 5.73. The summed E-state index contributed by atoms with van der Waals surface area (Å²) in [5.41, 5.74) is 3.27. The number of carbonyl (C=O) groups excluding carboxylic acids is 1. The number of ether oxygens (including phenoxy) is 1. The number of hydrogen-bond donors (Lipinski definition) is 0. The Kier molecular flexibility index (Phi) is 4.10. The molecule has 1 atom stereocenters. The molecule has 1 rings (SSSR count). The number of nitrogens with zero attached hydrogens (tertiary/aromatic N) is 2. The maximum absolute atomic E-state index is 11.6. The molecular weight excluding hydrogens is 204 g/mol. The van der Waals surface area contributed by atoms with Gasteiger partial charge in [0.25, 0.3) is 0 Å². The Morgan fingerprint density at radius 2 is 2.06 bits per heavy atom. The zero-order chi connectivity index (χ0) is 12.3. The molecule has 16 heavy (non-hydrogen) atoms. The van der Waals surface area contributed by atoms with Crippen molar-refractivity contribution < 1.29 is 9.53 Å². The smallest absolute Gasteiger partial charge is 0.330 e. The van der Waals surface area contributed by atoms with Gasteiger partial charge in [-0.25, -0.2) is 4.79 Å². The molecule has 0 unspecified atom stereocenters. The van der Waals surface area contributed by atoms with E-state index >= 15 is 0 Å². The predicted molar refractivity (Wildman–Crippen MR) is 62.4 cm³/mol. The molecule has 0 saturated heterocycles. The number of rotatable bonds is 4. The third-order valence-electron chi connectivity index (χ3n) is 2.82. The van der Waals surface area contributed by atoms with Crippen molar-refractivity contribution in [3.05, 3.63) is 17.0 Å². The molecule has 0 N–H and O–H groups in total. The largest absolute Gasteiger partial charge is 0.464 e. The maximum Gasteiger partial charge on any atom is 0.330 e. The van der Waals surface area contributed by atoms with Gasteiger partial charge in [0, 0.05) is 5.69 Å². The molecule has 0 bridgehead atoms. The lowest BCUT2D eigenvalue weighted by Gasteiger charge is -2.13. The minimum absolute atomic E-state index is 0.226. The third-order valence-corrected chi connectivity index (χ3v) is 2.82. The minimum Gasteiger partial charge on any atom is -0.464 e. The normalized spacial score (nSPS) is 12.6. The molecule has 4 heteroatoms. The summed E-state index contributed by atoms with van der Waals surface area (Å²) >= 11 is 0. The van der Waals surface area contributed by atoms with Gasteiger partial charge >= 0.3 is 5.97 Å². The Morgan fingerprint density at radius 1 is 1.44 bits per heavy atom. The van der Waals surface area contributed by atoms with Crippen molar-refractivity contribution in [2.75, 3.05) is 6.61 Å². The lowest BCUT2D eigenvalue weighted by atomic mass is 10.1. The van der Waals surface area contributed by atoms with Crippen LogP contribution in [0, 0.1) is 13.8 Å². The molecule has 1 aromatic heterocycles. The van der Waals surface area contributed by atoms with Gasteiger partial charge in [0.15, 0.2) is 0 Å². The van der Waals surface area contributed by atoms with Gasteiger partial charge in [-0.3, -0.25) is 4.68 Å². The van der Waals surface area contributed by atoms with E-state index in [4.69, 9.17) is 4.74 Å². The van der Waals surface area contributed by atoms with Gasteiger partial charge in [-0.2, -0.15) is 5.10 Å². The summed E-state index contributed by atoms with van der Waals surface area (Å²) < 4.78 is 6.75. The zero-order valence-electron chi connectivity index (χ0n) is 10.7. The van der Waals surface area contributed by atoms with Gasteiger partial charge in [0.1, 0.15) is 6.04 Å². The summed E-state index contributed by atoms with van der Waals surface area (Å²) in [6.45, 7) is 10.1. The van der Waals surface area contributed by atoms with Crippen molar-refractivity contribution in [3.8, 4) is 0 Å². The monoisotopic (exact) mass is 224 g/mol.